The Balaban J connectivity index is 2.35. The summed E-state index contributed by atoms with van der Waals surface area (Å²) in [7, 11) is 0. The lowest BCUT2D eigenvalue weighted by Gasteiger charge is -2.26. The molecule has 100 valence electrons. The van der Waals surface area contributed by atoms with Crippen LogP contribution >= 0.6 is 15.9 Å². The average molecular weight is 327 g/mol. The molecule has 6 heteroatoms. The number of carbonyl (C=O) groups is 1. The summed E-state index contributed by atoms with van der Waals surface area (Å²) in [4.78, 5) is 11.7. The molecular weight excluding hydrogens is 315 g/mol. The highest BCUT2D eigenvalue weighted by molar-refractivity contribution is 9.10. The number of benzene rings is 1. The maximum absolute atomic E-state index is 12.9. The smallest absolute Gasteiger partial charge is 0.250 e. The maximum atomic E-state index is 12.9. The van der Waals surface area contributed by atoms with Crippen LogP contribution in [0.15, 0.2) is 45.5 Å². The molecule has 3 N–H and O–H groups in total. The minimum absolute atomic E-state index is 0.355. The number of rotatable bonds is 4. The summed E-state index contributed by atoms with van der Waals surface area (Å²) in [6.45, 7) is 1.60. The summed E-state index contributed by atoms with van der Waals surface area (Å²) in [6.07, 6.45) is 0. The van der Waals surface area contributed by atoms with Crippen LogP contribution in [0.3, 0.4) is 0 Å². The van der Waals surface area contributed by atoms with Gasteiger partial charge in [0.05, 0.1) is 0 Å². The van der Waals surface area contributed by atoms with Gasteiger partial charge in [0.2, 0.25) is 0 Å². The van der Waals surface area contributed by atoms with Crippen LogP contribution in [-0.2, 0) is 10.3 Å². The van der Waals surface area contributed by atoms with Gasteiger partial charge >= 0.3 is 0 Å². The summed E-state index contributed by atoms with van der Waals surface area (Å²) >= 11 is 3.17. The molecule has 1 unspecified atom stereocenters. The Kier molecular flexibility index (Phi) is 3.61. The number of nitrogens with two attached hydrogens (primary N) is 1. The first-order chi connectivity index (χ1) is 8.91. The van der Waals surface area contributed by atoms with Gasteiger partial charge in [0.25, 0.3) is 5.91 Å². The predicted octanol–water partition coefficient (Wildman–Crippen LogP) is 2.99. The van der Waals surface area contributed by atoms with Crippen molar-refractivity contribution < 1.29 is 13.6 Å². The van der Waals surface area contributed by atoms with E-state index in [-0.39, 0.29) is 5.82 Å². The van der Waals surface area contributed by atoms with E-state index in [1.807, 2.05) is 0 Å². The van der Waals surface area contributed by atoms with Crippen molar-refractivity contribution >= 4 is 27.5 Å². The minimum Gasteiger partial charge on any atom is -0.451 e. The summed E-state index contributed by atoms with van der Waals surface area (Å²) in [5.41, 5.74) is 4.79. The van der Waals surface area contributed by atoms with Gasteiger partial charge in [-0.25, -0.2) is 4.39 Å². The quantitative estimate of drug-likeness (QED) is 0.907. The molecule has 19 heavy (non-hydrogen) atoms. The third-order valence-corrected chi connectivity index (χ3v) is 3.22. The molecule has 1 aromatic carbocycles. The lowest BCUT2D eigenvalue weighted by molar-refractivity contribution is -0.122. The van der Waals surface area contributed by atoms with Crippen molar-refractivity contribution in [1.82, 2.24) is 0 Å². The van der Waals surface area contributed by atoms with E-state index < -0.39 is 11.4 Å². The fraction of sp³-hybridized carbons (Fsp3) is 0.154. The van der Waals surface area contributed by atoms with Crippen molar-refractivity contribution in [3.8, 4) is 0 Å². The van der Waals surface area contributed by atoms with Gasteiger partial charge in [0.15, 0.2) is 10.2 Å². The van der Waals surface area contributed by atoms with E-state index in [9.17, 15) is 9.18 Å². The number of nitrogens with one attached hydrogen (secondary N) is 1. The zero-order chi connectivity index (χ0) is 14.0. The molecule has 0 spiro atoms. The first kappa shape index (κ1) is 13.6. The Morgan fingerprint density at radius 1 is 1.32 bits per heavy atom. The van der Waals surface area contributed by atoms with Crippen molar-refractivity contribution in [3.63, 3.8) is 0 Å². The largest absolute Gasteiger partial charge is 0.451 e. The van der Waals surface area contributed by atoms with Gasteiger partial charge in [0.1, 0.15) is 11.6 Å². The molecule has 0 aliphatic carbocycles. The zero-order valence-corrected chi connectivity index (χ0v) is 11.7. The normalized spacial score (nSPS) is 13.8. The van der Waals surface area contributed by atoms with Gasteiger partial charge in [-0.05, 0) is 59.3 Å². The van der Waals surface area contributed by atoms with Crippen LogP contribution < -0.4 is 11.1 Å². The van der Waals surface area contributed by atoms with Crippen LogP contribution in [0.2, 0.25) is 0 Å². The van der Waals surface area contributed by atoms with Crippen LogP contribution in [0.25, 0.3) is 0 Å². The Hall–Kier alpha value is -1.82. The number of carbonyl (C=O) groups excluding carboxylic acids is 1. The van der Waals surface area contributed by atoms with E-state index in [1.165, 1.54) is 24.3 Å². The van der Waals surface area contributed by atoms with Crippen molar-refractivity contribution in [1.29, 1.82) is 0 Å². The van der Waals surface area contributed by atoms with E-state index in [4.69, 9.17) is 10.2 Å². The molecule has 2 aromatic rings. The molecule has 0 radical (unpaired) electrons. The van der Waals surface area contributed by atoms with Gasteiger partial charge < -0.3 is 15.5 Å². The summed E-state index contributed by atoms with van der Waals surface area (Å²) in [5.74, 6) is -0.582. The third kappa shape index (κ3) is 2.78. The van der Waals surface area contributed by atoms with E-state index in [2.05, 4.69) is 21.2 Å². The van der Waals surface area contributed by atoms with Crippen LogP contribution in [0, 0.1) is 5.82 Å². The van der Waals surface area contributed by atoms with Gasteiger partial charge in [0, 0.05) is 5.69 Å². The Bertz CT molecular complexity index is 597. The number of halogens is 2. The molecule has 1 atom stereocenters. The summed E-state index contributed by atoms with van der Waals surface area (Å²) in [6, 6.07) is 8.95. The predicted molar refractivity (Wildman–Crippen MR) is 73.0 cm³/mol. The molecule has 1 amide bonds. The molecule has 2 rings (SSSR count). The first-order valence-corrected chi connectivity index (χ1v) is 6.30. The van der Waals surface area contributed by atoms with E-state index in [0.717, 1.165) is 0 Å². The summed E-state index contributed by atoms with van der Waals surface area (Å²) in [5, 5.41) is 2.96. The average Bonchev–Trinajstić information content (AvgIpc) is 2.79. The van der Waals surface area contributed by atoms with E-state index >= 15 is 0 Å². The van der Waals surface area contributed by atoms with Gasteiger partial charge in [-0.2, -0.15) is 0 Å². The topological polar surface area (TPSA) is 68.3 Å². The standard InChI is InChI=1S/C13H12BrFN2O2/c1-13(12(16)18,10-6-7-11(14)19-10)17-9-4-2-8(15)3-5-9/h2-7,17H,1H3,(H2,16,18). The van der Waals surface area contributed by atoms with E-state index in [0.29, 0.717) is 16.1 Å². The second-order valence-corrected chi connectivity index (χ2v) is 5.01. The fourth-order valence-corrected chi connectivity index (χ4v) is 1.96. The second-order valence-electron chi connectivity index (χ2n) is 4.22. The minimum atomic E-state index is -1.22. The Labute approximate surface area is 117 Å². The Morgan fingerprint density at radius 3 is 2.42 bits per heavy atom. The fourth-order valence-electron chi connectivity index (χ4n) is 1.65. The number of hydrogen-bond acceptors (Lipinski definition) is 3. The van der Waals surface area contributed by atoms with Crippen LogP contribution in [0.5, 0.6) is 0 Å². The molecule has 1 heterocycles. The van der Waals surface area contributed by atoms with Crippen molar-refractivity contribution in [2.75, 3.05) is 5.32 Å². The number of hydrogen-bond donors (Lipinski definition) is 2. The van der Waals surface area contributed by atoms with Crippen molar-refractivity contribution in [3.05, 3.63) is 52.6 Å². The summed E-state index contributed by atoms with van der Waals surface area (Å²) < 4.78 is 18.7. The van der Waals surface area contributed by atoms with Crippen LogP contribution in [0.4, 0.5) is 10.1 Å². The molecular formula is C13H12BrFN2O2. The van der Waals surface area contributed by atoms with Gasteiger partial charge in [-0.15, -0.1) is 0 Å². The van der Waals surface area contributed by atoms with Crippen LogP contribution in [-0.4, -0.2) is 5.91 Å². The lowest BCUT2D eigenvalue weighted by Crippen LogP contribution is -2.44. The maximum Gasteiger partial charge on any atom is 0.250 e. The lowest BCUT2D eigenvalue weighted by atomic mass is 9.97. The monoisotopic (exact) mass is 326 g/mol. The number of furan rings is 1. The molecule has 0 saturated heterocycles. The van der Waals surface area contributed by atoms with Crippen molar-refractivity contribution in [2.45, 2.75) is 12.5 Å². The zero-order valence-electron chi connectivity index (χ0n) is 10.1. The molecule has 0 aliphatic rings. The molecule has 4 nitrogen and oxygen atoms in total. The van der Waals surface area contributed by atoms with E-state index in [1.54, 1.807) is 19.1 Å². The van der Waals surface area contributed by atoms with Gasteiger partial charge in [-0.3, -0.25) is 4.79 Å². The van der Waals surface area contributed by atoms with Crippen molar-refractivity contribution in [2.24, 2.45) is 5.73 Å². The van der Waals surface area contributed by atoms with Gasteiger partial charge in [-0.1, -0.05) is 0 Å². The molecule has 0 bridgehead atoms. The number of anilines is 1. The molecule has 1 aromatic heterocycles. The highest BCUT2D eigenvalue weighted by Crippen LogP contribution is 2.29. The number of primary amides is 1. The number of amides is 1. The third-order valence-electron chi connectivity index (χ3n) is 2.80. The highest BCUT2D eigenvalue weighted by atomic mass is 79.9. The second kappa shape index (κ2) is 5.05. The molecule has 0 saturated carbocycles. The van der Waals surface area contributed by atoms with Crippen LogP contribution in [0.1, 0.15) is 12.7 Å². The first-order valence-electron chi connectivity index (χ1n) is 5.51. The highest BCUT2D eigenvalue weighted by Gasteiger charge is 2.36. The SMILES string of the molecule is CC(Nc1ccc(F)cc1)(C(N)=O)c1ccc(Br)o1. The molecule has 0 aliphatic heterocycles. The molecule has 0 fully saturated rings. The Morgan fingerprint density at radius 2 is 1.95 bits per heavy atom.